The third kappa shape index (κ3) is 2.26. The molecule has 1 aromatic heterocycles. The van der Waals surface area contributed by atoms with Crippen LogP contribution in [0, 0.1) is 4.77 Å². The number of nitrogens with zero attached hydrogens (tertiary/aromatic N) is 2. The molecule has 3 aromatic rings. The van der Waals surface area contributed by atoms with Crippen molar-refractivity contribution in [2.75, 3.05) is 0 Å². The Morgan fingerprint density at radius 3 is 2.50 bits per heavy atom. The van der Waals surface area contributed by atoms with Crippen LogP contribution in [0.4, 0.5) is 0 Å². The van der Waals surface area contributed by atoms with Gasteiger partial charge in [-0.25, -0.2) is 0 Å². The zero-order valence-electron chi connectivity index (χ0n) is 10.2. The molecule has 0 amide bonds. The highest BCUT2D eigenvalue weighted by Crippen LogP contribution is 2.33. The molecule has 0 fully saturated rings. The minimum atomic E-state index is 0.459. The van der Waals surface area contributed by atoms with E-state index >= 15 is 0 Å². The van der Waals surface area contributed by atoms with Crippen molar-refractivity contribution in [3.63, 3.8) is 0 Å². The number of halogens is 2. The summed E-state index contributed by atoms with van der Waals surface area (Å²) in [5.41, 5.74) is 1.65. The number of hydrogen-bond acceptors (Lipinski definition) is 2. The maximum absolute atomic E-state index is 6.26. The van der Waals surface area contributed by atoms with Crippen LogP contribution in [0.3, 0.4) is 0 Å². The van der Waals surface area contributed by atoms with Gasteiger partial charge >= 0.3 is 0 Å². The first-order chi connectivity index (χ1) is 9.68. The van der Waals surface area contributed by atoms with Crippen molar-refractivity contribution >= 4 is 35.4 Å². The van der Waals surface area contributed by atoms with E-state index in [1.54, 1.807) is 6.07 Å². The van der Waals surface area contributed by atoms with E-state index in [1.165, 1.54) is 0 Å². The molecule has 2 aromatic carbocycles. The van der Waals surface area contributed by atoms with Crippen LogP contribution in [-0.4, -0.2) is 14.8 Å². The summed E-state index contributed by atoms with van der Waals surface area (Å²) in [6, 6.07) is 15.2. The van der Waals surface area contributed by atoms with Crippen molar-refractivity contribution in [3.8, 4) is 17.1 Å². The lowest BCUT2D eigenvalue weighted by atomic mass is 10.2. The average Bonchev–Trinajstić information content (AvgIpc) is 2.84. The summed E-state index contributed by atoms with van der Waals surface area (Å²) in [4.78, 5) is 0. The van der Waals surface area contributed by atoms with Crippen LogP contribution in [0.25, 0.3) is 17.1 Å². The molecule has 0 saturated carbocycles. The second kappa shape index (κ2) is 5.40. The first kappa shape index (κ1) is 13.4. The average molecular weight is 322 g/mol. The topological polar surface area (TPSA) is 33.6 Å². The molecule has 100 valence electrons. The summed E-state index contributed by atoms with van der Waals surface area (Å²) in [6.07, 6.45) is 0. The molecule has 0 spiro atoms. The number of benzene rings is 2. The Balaban J connectivity index is 2.27. The third-order valence-corrected chi connectivity index (χ3v) is 3.97. The highest BCUT2D eigenvalue weighted by atomic mass is 35.5. The molecule has 3 rings (SSSR count). The zero-order valence-corrected chi connectivity index (χ0v) is 12.5. The number of hydrogen-bond donors (Lipinski definition) is 1. The molecular formula is C14H9Cl2N3S. The minimum absolute atomic E-state index is 0.459. The zero-order chi connectivity index (χ0) is 14.1. The van der Waals surface area contributed by atoms with Gasteiger partial charge in [0.15, 0.2) is 10.6 Å². The standard InChI is InChI=1S/C14H9Cl2N3S/c15-11-8-4-7-10(12(11)16)13-17-18-14(20)19(13)9-5-2-1-3-6-9/h1-8H,(H,18,20). The monoisotopic (exact) mass is 321 g/mol. The fourth-order valence-electron chi connectivity index (χ4n) is 1.97. The molecule has 0 bridgehead atoms. The predicted octanol–water partition coefficient (Wildman–Crippen LogP) is 4.90. The van der Waals surface area contributed by atoms with Gasteiger partial charge in [-0.05, 0) is 36.5 Å². The summed E-state index contributed by atoms with van der Waals surface area (Å²) in [6.45, 7) is 0. The number of nitrogens with one attached hydrogen (secondary N) is 1. The van der Waals surface area contributed by atoms with E-state index in [4.69, 9.17) is 35.4 Å². The predicted molar refractivity (Wildman–Crippen MR) is 84.2 cm³/mol. The van der Waals surface area contributed by atoms with Crippen LogP contribution in [0.1, 0.15) is 0 Å². The van der Waals surface area contributed by atoms with Gasteiger partial charge in [-0.3, -0.25) is 9.67 Å². The first-order valence-electron chi connectivity index (χ1n) is 5.85. The molecule has 3 nitrogen and oxygen atoms in total. The van der Waals surface area contributed by atoms with Crippen LogP contribution in [-0.2, 0) is 0 Å². The van der Waals surface area contributed by atoms with Gasteiger partial charge in [0.05, 0.1) is 10.0 Å². The van der Waals surface area contributed by atoms with E-state index < -0.39 is 0 Å². The molecule has 1 N–H and O–H groups in total. The van der Waals surface area contributed by atoms with Crippen molar-refractivity contribution in [2.45, 2.75) is 0 Å². The lowest BCUT2D eigenvalue weighted by molar-refractivity contribution is 1.04. The van der Waals surface area contributed by atoms with Crippen LogP contribution in [0.5, 0.6) is 0 Å². The fraction of sp³-hybridized carbons (Fsp3) is 0. The van der Waals surface area contributed by atoms with E-state index in [0.717, 1.165) is 11.3 Å². The number of aromatic nitrogens is 3. The summed E-state index contributed by atoms with van der Waals surface area (Å²) in [7, 11) is 0. The molecule has 0 saturated heterocycles. The van der Waals surface area contributed by atoms with Gasteiger partial charge in [-0.2, -0.15) is 5.10 Å². The smallest absolute Gasteiger partial charge is 0.200 e. The number of aromatic amines is 1. The van der Waals surface area contributed by atoms with Gasteiger partial charge in [0, 0.05) is 11.3 Å². The molecule has 0 unspecified atom stereocenters. The highest BCUT2D eigenvalue weighted by molar-refractivity contribution is 7.71. The van der Waals surface area contributed by atoms with E-state index in [2.05, 4.69) is 10.2 Å². The van der Waals surface area contributed by atoms with Crippen LogP contribution < -0.4 is 0 Å². The minimum Gasteiger partial charge on any atom is -0.268 e. The molecule has 0 radical (unpaired) electrons. The van der Waals surface area contributed by atoms with Gasteiger partial charge < -0.3 is 0 Å². The first-order valence-corrected chi connectivity index (χ1v) is 7.02. The third-order valence-electron chi connectivity index (χ3n) is 2.88. The Bertz CT molecular complexity index is 809. The fourth-order valence-corrected chi connectivity index (χ4v) is 2.59. The van der Waals surface area contributed by atoms with Crippen LogP contribution in [0.2, 0.25) is 10.0 Å². The quantitative estimate of drug-likeness (QED) is 0.681. The number of para-hydroxylation sites is 1. The number of rotatable bonds is 2. The summed E-state index contributed by atoms with van der Waals surface area (Å²) in [5, 5.41) is 8.00. The Morgan fingerprint density at radius 1 is 1.00 bits per heavy atom. The van der Waals surface area contributed by atoms with Crippen molar-refractivity contribution in [1.82, 2.24) is 14.8 Å². The molecule has 0 aliphatic carbocycles. The van der Waals surface area contributed by atoms with Gasteiger partial charge in [-0.15, -0.1) is 0 Å². The van der Waals surface area contributed by atoms with Crippen LogP contribution >= 0.6 is 35.4 Å². The van der Waals surface area contributed by atoms with E-state index in [9.17, 15) is 0 Å². The van der Waals surface area contributed by atoms with Crippen molar-refractivity contribution in [3.05, 3.63) is 63.3 Å². The molecular weight excluding hydrogens is 313 g/mol. The van der Waals surface area contributed by atoms with E-state index in [0.29, 0.717) is 20.6 Å². The number of H-pyrrole nitrogens is 1. The van der Waals surface area contributed by atoms with Crippen molar-refractivity contribution in [2.24, 2.45) is 0 Å². The van der Waals surface area contributed by atoms with Crippen molar-refractivity contribution < 1.29 is 0 Å². The Hall–Kier alpha value is -1.62. The lowest BCUT2D eigenvalue weighted by Gasteiger charge is -2.08. The van der Waals surface area contributed by atoms with Gasteiger partial charge in [-0.1, -0.05) is 47.5 Å². The molecule has 6 heteroatoms. The molecule has 20 heavy (non-hydrogen) atoms. The molecule has 0 atom stereocenters. The Kier molecular flexibility index (Phi) is 3.61. The highest BCUT2D eigenvalue weighted by Gasteiger charge is 2.14. The Morgan fingerprint density at radius 2 is 1.75 bits per heavy atom. The lowest BCUT2D eigenvalue weighted by Crippen LogP contribution is -1.97. The molecule has 1 heterocycles. The Labute approximate surface area is 130 Å². The van der Waals surface area contributed by atoms with Gasteiger partial charge in [0.25, 0.3) is 0 Å². The van der Waals surface area contributed by atoms with E-state index in [1.807, 2.05) is 47.0 Å². The second-order valence-electron chi connectivity index (χ2n) is 4.12. The molecule has 0 aliphatic heterocycles. The van der Waals surface area contributed by atoms with Gasteiger partial charge in [0.2, 0.25) is 0 Å². The van der Waals surface area contributed by atoms with E-state index in [-0.39, 0.29) is 0 Å². The normalized spacial score (nSPS) is 10.7. The van der Waals surface area contributed by atoms with Crippen molar-refractivity contribution in [1.29, 1.82) is 0 Å². The molecule has 0 aliphatic rings. The SMILES string of the molecule is S=c1[nH]nc(-c2cccc(Cl)c2Cl)n1-c1ccccc1. The summed E-state index contributed by atoms with van der Waals surface area (Å²) in [5.74, 6) is 0.633. The largest absolute Gasteiger partial charge is 0.268 e. The van der Waals surface area contributed by atoms with Gasteiger partial charge in [0.1, 0.15) is 0 Å². The maximum Gasteiger partial charge on any atom is 0.200 e. The summed E-state index contributed by atoms with van der Waals surface area (Å²) < 4.78 is 2.33. The van der Waals surface area contributed by atoms with Crippen LogP contribution in [0.15, 0.2) is 48.5 Å². The summed E-state index contributed by atoms with van der Waals surface area (Å²) >= 11 is 17.6. The maximum atomic E-state index is 6.26. The second-order valence-corrected chi connectivity index (χ2v) is 5.30.